The minimum Gasteiger partial charge on any atom is -0.388 e. The SMILES string of the molecule is Cc1cc(C#N)ccc1C(=O)NC(C)CC(O)c1ccc(F)cc1. The summed E-state index contributed by atoms with van der Waals surface area (Å²) in [6.45, 7) is 3.57. The van der Waals surface area contributed by atoms with Gasteiger partial charge in [0.25, 0.3) is 5.91 Å². The highest BCUT2D eigenvalue weighted by Crippen LogP contribution is 2.19. The summed E-state index contributed by atoms with van der Waals surface area (Å²) in [5.41, 5.74) is 2.32. The molecule has 124 valence electrons. The molecule has 2 aromatic carbocycles. The molecule has 0 radical (unpaired) electrons. The van der Waals surface area contributed by atoms with Crippen LogP contribution in [0.1, 0.15) is 46.5 Å². The van der Waals surface area contributed by atoms with Gasteiger partial charge in [-0.3, -0.25) is 4.79 Å². The molecule has 0 aliphatic rings. The number of nitrogens with one attached hydrogen (secondary N) is 1. The lowest BCUT2D eigenvalue weighted by atomic mass is 10.0. The molecule has 0 aliphatic carbocycles. The summed E-state index contributed by atoms with van der Waals surface area (Å²) >= 11 is 0. The Morgan fingerprint density at radius 3 is 2.54 bits per heavy atom. The first-order valence-corrected chi connectivity index (χ1v) is 7.66. The highest BCUT2D eigenvalue weighted by molar-refractivity contribution is 5.95. The molecule has 0 aromatic heterocycles. The van der Waals surface area contributed by atoms with E-state index in [1.54, 1.807) is 32.0 Å². The Balaban J connectivity index is 1.99. The molecule has 0 fully saturated rings. The predicted molar refractivity (Wildman–Crippen MR) is 88.8 cm³/mol. The van der Waals surface area contributed by atoms with E-state index in [1.807, 2.05) is 6.07 Å². The molecule has 0 aliphatic heterocycles. The summed E-state index contributed by atoms with van der Waals surface area (Å²) in [5.74, 6) is -0.612. The zero-order chi connectivity index (χ0) is 17.7. The van der Waals surface area contributed by atoms with Crippen LogP contribution in [-0.2, 0) is 0 Å². The first-order chi connectivity index (χ1) is 11.4. The van der Waals surface area contributed by atoms with Crippen molar-refractivity contribution in [2.24, 2.45) is 0 Å². The highest BCUT2D eigenvalue weighted by atomic mass is 19.1. The number of aryl methyl sites for hydroxylation is 1. The number of carbonyl (C=O) groups excluding carboxylic acids is 1. The topological polar surface area (TPSA) is 73.1 Å². The van der Waals surface area contributed by atoms with Crippen LogP contribution in [0.4, 0.5) is 4.39 Å². The normalized spacial score (nSPS) is 13.0. The molecule has 2 atom stereocenters. The third-order valence-corrected chi connectivity index (χ3v) is 3.81. The van der Waals surface area contributed by atoms with Crippen LogP contribution in [0.3, 0.4) is 0 Å². The number of nitriles is 1. The minimum absolute atomic E-state index is 0.254. The lowest BCUT2D eigenvalue weighted by Crippen LogP contribution is -2.34. The van der Waals surface area contributed by atoms with Crippen molar-refractivity contribution in [1.82, 2.24) is 5.32 Å². The Labute approximate surface area is 140 Å². The van der Waals surface area contributed by atoms with E-state index in [2.05, 4.69) is 5.32 Å². The third-order valence-electron chi connectivity index (χ3n) is 3.81. The van der Waals surface area contributed by atoms with Crippen molar-refractivity contribution in [3.63, 3.8) is 0 Å². The van der Waals surface area contributed by atoms with Crippen molar-refractivity contribution in [2.45, 2.75) is 32.4 Å². The number of hydrogen-bond acceptors (Lipinski definition) is 3. The van der Waals surface area contributed by atoms with Crippen LogP contribution < -0.4 is 5.32 Å². The number of aliphatic hydroxyl groups excluding tert-OH is 1. The molecule has 0 saturated carbocycles. The Bertz CT molecular complexity index is 766. The van der Waals surface area contributed by atoms with Crippen LogP contribution in [0.5, 0.6) is 0 Å². The van der Waals surface area contributed by atoms with E-state index in [0.29, 0.717) is 23.1 Å². The molecule has 2 N–H and O–H groups in total. The van der Waals surface area contributed by atoms with E-state index in [9.17, 15) is 14.3 Å². The quantitative estimate of drug-likeness (QED) is 0.886. The molecule has 1 amide bonds. The van der Waals surface area contributed by atoms with Gasteiger partial charge in [-0.05, 0) is 61.7 Å². The summed E-state index contributed by atoms with van der Waals surface area (Å²) < 4.78 is 12.9. The molecule has 0 saturated heterocycles. The molecule has 5 heteroatoms. The van der Waals surface area contributed by atoms with E-state index >= 15 is 0 Å². The van der Waals surface area contributed by atoms with Crippen molar-refractivity contribution >= 4 is 5.91 Å². The lowest BCUT2D eigenvalue weighted by Gasteiger charge is -2.19. The van der Waals surface area contributed by atoms with Gasteiger partial charge in [-0.25, -0.2) is 4.39 Å². The van der Waals surface area contributed by atoms with Gasteiger partial charge in [0, 0.05) is 11.6 Å². The van der Waals surface area contributed by atoms with Crippen LogP contribution in [-0.4, -0.2) is 17.1 Å². The van der Waals surface area contributed by atoms with Gasteiger partial charge in [-0.2, -0.15) is 5.26 Å². The van der Waals surface area contributed by atoms with Gasteiger partial charge < -0.3 is 10.4 Å². The van der Waals surface area contributed by atoms with Gasteiger partial charge in [-0.1, -0.05) is 12.1 Å². The fourth-order valence-electron chi connectivity index (χ4n) is 2.50. The Morgan fingerprint density at radius 1 is 1.29 bits per heavy atom. The van der Waals surface area contributed by atoms with Gasteiger partial charge >= 0.3 is 0 Å². The molecule has 0 spiro atoms. The van der Waals surface area contributed by atoms with Gasteiger partial charge in [0.2, 0.25) is 0 Å². The second-order valence-electron chi connectivity index (χ2n) is 5.82. The number of rotatable bonds is 5. The zero-order valence-corrected chi connectivity index (χ0v) is 13.6. The number of nitrogens with zero attached hydrogens (tertiary/aromatic N) is 1. The number of carbonyl (C=O) groups is 1. The van der Waals surface area contributed by atoms with Crippen molar-refractivity contribution in [1.29, 1.82) is 5.26 Å². The number of halogens is 1. The summed E-state index contributed by atoms with van der Waals surface area (Å²) in [7, 11) is 0. The fourth-order valence-corrected chi connectivity index (χ4v) is 2.50. The molecule has 2 rings (SSSR count). The highest BCUT2D eigenvalue weighted by Gasteiger charge is 2.16. The molecule has 2 aromatic rings. The first-order valence-electron chi connectivity index (χ1n) is 7.66. The number of aliphatic hydroxyl groups is 1. The van der Waals surface area contributed by atoms with Crippen LogP contribution in [0, 0.1) is 24.1 Å². The third kappa shape index (κ3) is 4.40. The van der Waals surface area contributed by atoms with Crippen LogP contribution in [0.15, 0.2) is 42.5 Å². The van der Waals surface area contributed by atoms with Crippen molar-refractivity contribution in [3.05, 3.63) is 70.5 Å². The smallest absolute Gasteiger partial charge is 0.251 e. The van der Waals surface area contributed by atoms with E-state index in [1.165, 1.54) is 24.3 Å². The van der Waals surface area contributed by atoms with Gasteiger partial charge in [0.15, 0.2) is 0 Å². The number of hydrogen-bond donors (Lipinski definition) is 2. The summed E-state index contributed by atoms with van der Waals surface area (Å²) in [6.07, 6.45) is -0.477. The van der Waals surface area contributed by atoms with Gasteiger partial charge in [-0.15, -0.1) is 0 Å². The molecular formula is C19H19FN2O2. The molecule has 2 unspecified atom stereocenters. The molecule has 0 bridgehead atoms. The lowest BCUT2D eigenvalue weighted by molar-refractivity contribution is 0.0916. The van der Waals surface area contributed by atoms with Gasteiger partial charge in [0.1, 0.15) is 5.82 Å². The van der Waals surface area contributed by atoms with E-state index in [-0.39, 0.29) is 17.8 Å². The predicted octanol–water partition coefficient (Wildman–Crippen LogP) is 3.25. The Hall–Kier alpha value is -2.71. The largest absolute Gasteiger partial charge is 0.388 e. The Morgan fingerprint density at radius 2 is 1.96 bits per heavy atom. The maximum absolute atomic E-state index is 12.9. The van der Waals surface area contributed by atoms with Crippen LogP contribution in [0.25, 0.3) is 0 Å². The molecule has 4 nitrogen and oxygen atoms in total. The summed E-state index contributed by atoms with van der Waals surface area (Å²) in [4.78, 5) is 12.3. The molecule has 0 heterocycles. The second-order valence-corrected chi connectivity index (χ2v) is 5.82. The zero-order valence-electron chi connectivity index (χ0n) is 13.6. The van der Waals surface area contributed by atoms with E-state index < -0.39 is 6.10 Å². The molecule has 24 heavy (non-hydrogen) atoms. The average Bonchev–Trinajstić information content (AvgIpc) is 2.54. The maximum Gasteiger partial charge on any atom is 0.251 e. The monoisotopic (exact) mass is 326 g/mol. The average molecular weight is 326 g/mol. The molecular weight excluding hydrogens is 307 g/mol. The van der Waals surface area contributed by atoms with E-state index in [4.69, 9.17) is 5.26 Å². The number of benzene rings is 2. The fraction of sp³-hybridized carbons (Fsp3) is 0.263. The van der Waals surface area contributed by atoms with Gasteiger partial charge in [0.05, 0.1) is 17.7 Å². The van der Waals surface area contributed by atoms with Crippen molar-refractivity contribution in [3.8, 4) is 6.07 Å². The Kier molecular flexibility index (Phi) is 5.67. The summed E-state index contributed by atoms with van der Waals surface area (Å²) in [6, 6.07) is 12.3. The van der Waals surface area contributed by atoms with Crippen molar-refractivity contribution < 1.29 is 14.3 Å². The first kappa shape index (κ1) is 17.6. The van der Waals surface area contributed by atoms with Crippen LogP contribution >= 0.6 is 0 Å². The second kappa shape index (κ2) is 7.71. The van der Waals surface area contributed by atoms with E-state index in [0.717, 1.165) is 5.56 Å². The maximum atomic E-state index is 12.9. The number of amides is 1. The van der Waals surface area contributed by atoms with Crippen molar-refractivity contribution in [2.75, 3.05) is 0 Å². The van der Waals surface area contributed by atoms with Crippen LogP contribution in [0.2, 0.25) is 0 Å². The summed E-state index contributed by atoms with van der Waals surface area (Å²) in [5, 5.41) is 21.9. The standard InChI is InChI=1S/C19H19FN2O2/c1-12-9-14(11-21)3-8-17(12)19(24)22-13(2)10-18(23)15-4-6-16(20)7-5-15/h3-9,13,18,23H,10H2,1-2H3,(H,22,24). The minimum atomic E-state index is -0.789.